The molecule has 0 aliphatic carbocycles. The number of amides is 2. The van der Waals surface area contributed by atoms with E-state index in [4.69, 9.17) is 5.73 Å². The van der Waals surface area contributed by atoms with Crippen LogP contribution in [0.5, 0.6) is 0 Å². The molecule has 88 valence electrons. The van der Waals surface area contributed by atoms with Gasteiger partial charge in [0.15, 0.2) is 0 Å². The number of hydrogen-bond acceptors (Lipinski definition) is 4. The minimum absolute atomic E-state index is 0.0142. The summed E-state index contributed by atoms with van der Waals surface area (Å²) >= 11 is 1.63. The van der Waals surface area contributed by atoms with Gasteiger partial charge in [-0.3, -0.25) is 9.59 Å². The summed E-state index contributed by atoms with van der Waals surface area (Å²) in [6, 6.07) is 2.02. The van der Waals surface area contributed by atoms with Gasteiger partial charge < -0.3 is 16.4 Å². The zero-order chi connectivity index (χ0) is 11.8. The molecule has 4 N–H and O–H groups in total. The fourth-order valence-electron chi connectivity index (χ4n) is 1.09. The first-order valence-electron chi connectivity index (χ1n) is 4.97. The fourth-order valence-corrected chi connectivity index (χ4v) is 1.80. The highest BCUT2D eigenvalue weighted by Crippen LogP contribution is 2.05. The number of rotatable bonds is 6. The smallest absolute Gasteiger partial charge is 0.239 e. The molecule has 1 aromatic rings. The number of nitrogens with one attached hydrogen (secondary N) is 2. The lowest BCUT2D eigenvalue weighted by Gasteiger charge is -2.05. The lowest BCUT2D eigenvalue weighted by Crippen LogP contribution is -2.39. The van der Waals surface area contributed by atoms with Crippen molar-refractivity contribution >= 4 is 23.2 Å². The predicted molar refractivity (Wildman–Crippen MR) is 63.1 cm³/mol. The van der Waals surface area contributed by atoms with Gasteiger partial charge in [0, 0.05) is 6.54 Å². The molecule has 6 heteroatoms. The second-order valence-electron chi connectivity index (χ2n) is 3.21. The van der Waals surface area contributed by atoms with Crippen molar-refractivity contribution < 1.29 is 9.59 Å². The topological polar surface area (TPSA) is 84.2 Å². The van der Waals surface area contributed by atoms with Gasteiger partial charge in [0.1, 0.15) is 0 Å². The average molecular weight is 241 g/mol. The Balaban J connectivity index is 2.09. The summed E-state index contributed by atoms with van der Waals surface area (Å²) < 4.78 is 0. The first-order chi connectivity index (χ1) is 7.72. The van der Waals surface area contributed by atoms with Crippen molar-refractivity contribution in [1.82, 2.24) is 10.6 Å². The van der Waals surface area contributed by atoms with Crippen LogP contribution in [0.1, 0.15) is 5.56 Å². The van der Waals surface area contributed by atoms with Crippen LogP contribution >= 0.6 is 11.3 Å². The van der Waals surface area contributed by atoms with Gasteiger partial charge in [-0.05, 0) is 28.8 Å². The highest BCUT2D eigenvalue weighted by atomic mass is 32.1. The lowest BCUT2D eigenvalue weighted by molar-refractivity contribution is -0.125. The van der Waals surface area contributed by atoms with E-state index in [9.17, 15) is 9.59 Å². The van der Waals surface area contributed by atoms with Gasteiger partial charge in [0.2, 0.25) is 11.8 Å². The molecule has 0 aromatic carbocycles. The summed E-state index contributed by atoms with van der Waals surface area (Å²) in [6.07, 6.45) is 0.806. The van der Waals surface area contributed by atoms with Gasteiger partial charge in [0.25, 0.3) is 0 Å². The van der Waals surface area contributed by atoms with Gasteiger partial charge in [-0.15, -0.1) is 0 Å². The van der Waals surface area contributed by atoms with Crippen molar-refractivity contribution in [3.05, 3.63) is 22.4 Å². The van der Waals surface area contributed by atoms with E-state index < -0.39 is 0 Å². The Labute approximate surface area is 98.0 Å². The van der Waals surface area contributed by atoms with Crippen molar-refractivity contribution in [3.8, 4) is 0 Å². The third kappa shape index (κ3) is 4.90. The maximum absolute atomic E-state index is 11.2. The normalized spacial score (nSPS) is 9.81. The molecular formula is C10H15N3O2S. The second-order valence-corrected chi connectivity index (χ2v) is 3.99. The number of thiophene rings is 1. The van der Waals surface area contributed by atoms with E-state index in [0.717, 1.165) is 6.42 Å². The van der Waals surface area contributed by atoms with E-state index in [-0.39, 0.29) is 24.9 Å². The molecule has 0 radical (unpaired) electrons. The molecule has 0 fully saturated rings. The Morgan fingerprint density at radius 2 is 2.12 bits per heavy atom. The fraction of sp³-hybridized carbons (Fsp3) is 0.400. The lowest BCUT2D eigenvalue weighted by atomic mass is 10.2. The molecule has 0 saturated heterocycles. The summed E-state index contributed by atoms with van der Waals surface area (Å²) in [7, 11) is 0. The van der Waals surface area contributed by atoms with Gasteiger partial charge in [-0.1, -0.05) is 0 Å². The third-order valence-corrected chi connectivity index (χ3v) is 2.68. The van der Waals surface area contributed by atoms with Crippen LogP contribution in [0.4, 0.5) is 0 Å². The van der Waals surface area contributed by atoms with E-state index in [2.05, 4.69) is 10.6 Å². The standard InChI is InChI=1S/C10H15N3O2S/c11-5-9(14)13-6-10(15)12-3-1-8-2-4-16-7-8/h2,4,7H,1,3,5-6,11H2,(H,12,15)(H,13,14). The average Bonchev–Trinajstić information content (AvgIpc) is 2.79. The Morgan fingerprint density at radius 3 is 2.75 bits per heavy atom. The molecular weight excluding hydrogens is 226 g/mol. The maximum atomic E-state index is 11.2. The number of hydrogen-bond donors (Lipinski definition) is 3. The Morgan fingerprint density at radius 1 is 1.31 bits per heavy atom. The van der Waals surface area contributed by atoms with Crippen LogP contribution in [0.3, 0.4) is 0 Å². The molecule has 1 heterocycles. The SMILES string of the molecule is NCC(=O)NCC(=O)NCCc1ccsc1. The van der Waals surface area contributed by atoms with Crippen molar-refractivity contribution in [3.63, 3.8) is 0 Å². The van der Waals surface area contributed by atoms with Gasteiger partial charge in [-0.25, -0.2) is 0 Å². The monoisotopic (exact) mass is 241 g/mol. The molecule has 0 aliphatic heterocycles. The Kier molecular flexibility index (Phi) is 5.52. The van der Waals surface area contributed by atoms with Gasteiger partial charge in [-0.2, -0.15) is 11.3 Å². The van der Waals surface area contributed by atoms with Crippen LogP contribution in [-0.2, 0) is 16.0 Å². The summed E-state index contributed by atoms with van der Waals surface area (Å²) in [5.41, 5.74) is 6.28. The van der Waals surface area contributed by atoms with Crippen LogP contribution in [0, 0.1) is 0 Å². The van der Waals surface area contributed by atoms with Crippen molar-refractivity contribution in [1.29, 1.82) is 0 Å². The van der Waals surface area contributed by atoms with E-state index in [1.54, 1.807) is 11.3 Å². The molecule has 5 nitrogen and oxygen atoms in total. The van der Waals surface area contributed by atoms with Crippen LogP contribution in [0.15, 0.2) is 16.8 Å². The highest BCUT2D eigenvalue weighted by molar-refractivity contribution is 7.07. The van der Waals surface area contributed by atoms with Crippen LogP contribution < -0.4 is 16.4 Å². The zero-order valence-corrected chi connectivity index (χ0v) is 9.68. The molecule has 16 heavy (non-hydrogen) atoms. The largest absolute Gasteiger partial charge is 0.354 e. The highest BCUT2D eigenvalue weighted by Gasteiger charge is 2.03. The molecule has 1 aromatic heterocycles. The number of nitrogens with two attached hydrogens (primary N) is 1. The summed E-state index contributed by atoms with van der Waals surface area (Å²) in [4.78, 5) is 22.0. The third-order valence-electron chi connectivity index (χ3n) is 1.95. The number of carbonyl (C=O) groups excluding carboxylic acids is 2. The molecule has 0 atom stereocenters. The molecule has 2 amide bonds. The maximum Gasteiger partial charge on any atom is 0.239 e. The second kappa shape index (κ2) is 6.97. The quantitative estimate of drug-likeness (QED) is 0.626. The molecule has 0 spiro atoms. The minimum atomic E-state index is -0.326. The summed E-state index contributed by atoms with van der Waals surface area (Å²) in [5, 5.41) is 9.16. The van der Waals surface area contributed by atoms with Gasteiger partial charge >= 0.3 is 0 Å². The van der Waals surface area contributed by atoms with E-state index in [1.807, 2.05) is 16.8 Å². The molecule has 1 rings (SSSR count). The van der Waals surface area contributed by atoms with E-state index in [0.29, 0.717) is 6.54 Å². The van der Waals surface area contributed by atoms with Crippen molar-refractivity contribution in [2.24, 2.45) is 5.73 Å². The summed E-state index contributed by atoms with van der Waals surface area (Å²) in [5.74, 6) is -0.523. The predicted octanol–water partition coefficient (Wildman–Crippen LogP) is -0.518. The zero-order valence-electron chi connectivity index (χ0n) is 8.86. The van der Waals surface area contributed by atoms with Gasteiger partial charge in [0.05, 0.1) is 13.1 Å². The Hall–Kier alpha value is -1.40. The summed E-state index contributed by atoms with van der Waals surface area (Å²) in [6.45, 7) is 0.468. The van der Waals surface area contributed by atoms with Crippen molar-refractivity contribution in [2.45, 2.75) is 6.42 Å². The first-order valence-corrected chi connectivity index (χ1v) is 5.91. The minimum Gasteiger partial charge on any atom is -0.354 e. The molecule has 0 saturated carbocycles. The number of carbonyl (C=O) groups is 2. The van der Waals surface area contributed by atoms with E-state index in [1.165, 1.54) is 5.56 Å². The molecule has 0 unspecified atom stereocenters. The van der Waals surface area contributed by atoms with Crippen LogP contribution in [-0.4, -0.2) is 31.4 Å². The first kappa shape index (κ1) is 12.7. The Bertz CT molecular complexity index is 338. The van der Waals surface area contributed by atoms with Crippen LogP contribution in [0.2, 0.25) is 0 Å². The van der Waals surface area contributed by atoms with Crippen LogP contribution in [0.25, 0.3) is 0 Å². The molecule has 0 aliphatic rings. The molecule has 0 bridgehead atoms. The van der Waals surface area contributed by atoms with E-state index >= 15 is 0 Å². The van der Waals surface area contributed by atoms with Crippen molar-refractivity contribution in [2.75, 3.05) is 19.6 Å².